The zero-order chi connectivity index (χ0) is 15.7. The van der Waals surface area contributed by atoms with Crippen LogP contribution in [0.25, 0.3) is 11.0 Å². The maximum absolute atomic E-state index is 12.0. The molecule has 22 heavy (non-hydrogen) atoms. The lowest BCUT2D eigenvalue weighted by Crippen LogP contribution is -2.26. The quantitative estimate of drug-likeness (QED) is 0.656. The Labute approximate surface area is 132 Å². The molecule has 1 amide bonds. The van der Waals surface area contributed by atoms with Crippen molar-refractivity contribution in [3.63, 3.8) is 0 Å². The molecule has 7 nitrogen and oxygen atoms in total. The number of aromatic nitrogens is 3. The number of carbonyl (C=O) groups is 1. The Balaban J connectivity index is 1.79. The summed E-state index contributed by atoms with van der Waals surface area (Å²) >= 11 is 3.25. The number of fused-ring (bicyclic) bond motifs is 1. The van der Waals surface area contributed by atoms with Crippen LogP contribution in [0.2, 0.25) is 0 Å². The maximum atomic E-state index is 12.0. The molecule has 0 radical (unpaired) electrons. The van der Waals surface area contributed by atoms with Gasteiger partial charge < -0.3 is 19.9 Å². The van der Waals surface area contributed by atoms with Gasteiger partial charge in [-0.05, 0) is 40.2 Å². The van der Waals surface area contributed by atoms with Crippen LogP contribution < -0.4 is 16.6 Å². The summed E-state index contributed by atoms with van der Waals surface area (Å²) in [5.74, 6) is -0.336. The molecule has 2 aromatic heterocycles. The zero-order valence-electron chi connectivity index (χ0n) is 11.2. The van der Waals surface area contributed by atoms with Crippen molar-refractivity contribution in [1.82, 2.24) is 14.5 Å². The van der Waals surface area contributed by atoms with E-state index < -0.39 is 0 Å². The summed E-state index contributed by atoms with van der Waals surface area (Å²) in [7, 11) is 0. The Morgan fingerprint density at radius 3 is 2.73 bits per heavy atom. The molecule has 3 aromatic rings. The Morgan fingerprint density at radius 2 is 1.91 bits per heavy atom. The highest BCUT2D eigenvalue weighted by molar-refractivity contribution is 9.10. The SMILES string of the molecule is O=C(Cn1cc(Br)ccc1=O)Nc1ccc2[nH]c(=O)[nH]c2c1. The van der Waals surface area contributed by atoms with Gasteiger partial charge in [0.05, 0.1) is 11.0 Å². The first-order chi connectivity index (χ1) is 10.5. The van der Waals surface area contributed by atoms with Crippen molar-refractivity contribution in [3.05, 3.63) is 61.8 Å². The van der Waals surface area contributed by atoms with Gasteiger partial charge in [-0.1, -0.05) is 0 Å². The van der Waals surface area contributed by atoms with Gasteiger partial charge in [-0.2, -0.15) is 0 Å². The van der Waals surface area contributed by atoms with Crippen LogP contribution in [0.5, 0.6) is 0 Å². The lowest BCUT2D eigenvalue weighted by Gasteiger charge is -2.07. The molecule has 0 aliphatic carbocycles. The normalized spacial score (nSPS) is 10.8. The van der Waals surface area contributed by atoms with E-state index in [2.05, 4.69) is 31.2 Å². The summed E-state index contributed by atoms with van der Waals surface area (Å²) in [4.78, 5) is 40.1. The maximum Gasteiger partial charge on any atom is 0.323 e. The highest BCUT2D eigenvalue weighted by Crippen LogP contribution is 2.14. The number of benzene rings is 1. The molecule has 2 heterocycles. The Morgan fingerprint density at radius 1 is 1.14 bits per heavy atom. The van der Waals surface area contributed by atoms with Gasteiger partial charge in [-0.3, -0.25) is 9.59 Å². The summed E-state index contributed by atoms with van der Waals surface area (Å²) in [6, 6.07) is 8.01. The van der Waals surface area contributed by atoms with Gasteiger partial charge >= 0.3 is 5.69 Å². The number of hydrogen-bond acceptors (Lipinski definition) is 3. The predicted molar refractivity (Wildman–Crippen MR) is 86.0 cm³/mol. The average Bonchev–Trinajstić information content (AvgIpc) is 2.82. The second-order valence-electron chi connectivity index (χ2n) is 4.70. The number of imidazole rings is 1. The third kappa shape index (κ3) is 3.01. The monoisotopic (exact) mass is 362 g/mol. The fourth-order valence-electron chi connectivity index (χ4n) is 2.09. The standard InChI is InChI=1S/C14H11BrN4O3/c15-8-1-4-13(21)19(6-8)7-12(20)16-9-2-3-10-11(5-9)18-14(22)17-10/h1-6H,7H2,(H,16,20)(H2,17,18,22). The largest absolute Gasteiger partial charge is 0.324 e. The third-order valence-electron chi connectivity index (χ3n) is 3.06. The van der Waals surface area contributed by atoms with Crippen LogP contribution in [-0.2, 0) is 11.3 Å². The van der Waals surface area contributed by atoms with Crippen LogP contribution in [0.15, 0.2) is 50.6 Å². The molecule has 1 aromatic carbocycles. The molecular weight excluding hydrogens is 352 g/mol. The van der Waals surface area contributed by atoms with Gasteiger partial charge in [0.1, 0.15) is 6.54 Å². The number of amides is 1. The van der Waals surface area contributed by atoms with Gasteiger partial charge in [0.2, 0.25) is 5.91 Å². The third-order valence-corrected chi connectivity index (χ3v) is 3.53. The minimum absolute atomic E-state index is 0.0973. The van der Waals surface area contributed by atoms with Gasteiger partial charge in [0, 0.05) is 22.4 Å². The van der Waals surface area contributed by atoms with Crippen LogP contribution in [0.1, 0.15) is 0 Å². The van der Waals surface area contributed by atoms with E-state index in [1.807, 2.05) is 0 Å². The van der Waals surface area contributed by atoms with Crippen molar-refractivity contribution in [2.24, 2.45) is 0 Å². The molecule has 0 saturated heterocycles. The van der Waals surface area contributed by atoms with E-state index in [1.165, 1.54) is 10.6 Å². The second kappa shape index (κ2) is 5.64. The average molecular weight is 363 g/mol. The van der Waals surface area contributed by atoms with E-state index >= 15 is 0 Å². The van der Waals surface area contributed by atoms with E-state index in [0.29, 0.717) is 21.2 Å². The Kier molecular flexibility index (Phi) is 3.68. The molecule has 3 rings (SSSR count). The van der Waals surface area contributed by atoms with Gasteiger partial charge in [-0.15, -0.1) is 0 Å². The summed E-state index contributed by atoms with van der Waals surface area (Å²) in [6.45, 7) is -0.0973. The summed E-state index contributed by atoms with van der Waals surface area (Å²) in [6.07, 6.45) is 1.55. The fraction of sp³-hybridized carbons (Fsp3) is 0.0714. The molecule has 0 fully saturated rings. The Bertz CT molecular complexity index is 970. The first-order valence-electron chi connectivity index (χ1n) is 6.39. The minimum atomic E-state index is -0.336. The van der Waals surface area contributed by atoms with Gasteiger partial charge in [0.15, 0.2) is 0 Å². The van der Waals surface area contributed by atoms with E-state index in [0.717, 1.165) is 0 Å². The minimum Gasteiger partial charge on any atom is -0.324 e. The van der Waals surface area contributed by atoms with E-state index in [9.17, 15) is 14.4 Å². The predicted octanol–water partition coefficient (Wildman–Crippen LogP) is 1.42. The lowest BCUT2D eigenvalue weighted by atomic mass is 10.2. The van der Waals surface area contributed by atoms with Crippen LogP contribution >= 0.6 is 15.9 Å². The highest BCUT2D eigenvalue weighted by atomic mass is 79.9. The van der Waals surface area contributed by atoms with Crippen LogP contribution in [0, 0.1) is 0 Å². The fourth-order valence-corrected chi connectivity index (χ4v) is 2.47. The number of H-pyrrole nitrogens is 2. The number of nitrogens with zero attached hydrogens (tertiary/aromatic N) is 1. The van der Waals surface area contributed by atoms with E-state index in [-0.39, 0.29) is 23.7 Å². The van der Waals surface area contributed by atoms with Crippen molar-refractivity contribution in [3.8, 4) is 0 Å². The number of aromatic amines is 2. The second-order valence-corrected chi connectivity index (χ2v) is 5.62. The molecule has 0 aliphatic rings. The number of carbonyl (C=O) groups excluding carboxylic acids is 1. The highest BCUT2D eigenvalue weighted by Gasteiger charge is 2.07. The molecular formula is C14H11BrN4O3. The Hall–Kier alpha value is -2.61. The van der Waals surface area contributed by atoms with Crippen LogP contribution in [-0.4, -0.2) is 20.4 Å². The number of nitrogens with one attached hydrogen (secondary N) is 3. The van der Waals surface area contributed by atoms with Gasteiger partial charge in [0.25, 0.3) is 5.56 Å². The molecule has 0 unspecified atom stereocenters. The zero-order valence-corrected chi connectivity index (χ0v) is 12.8. The van der Waals surface area contributed by atoms with Crippen molar-refractivity contribution in [2.45, 2.75) is 6.54 Å². The lowest BCUT2D eigenvalue weighted by molar-refractivity contribution is -0.116. The van der Waals surface area contributed by atoms with Crippen molar-refractivity contribution < 1.29 is 4.79 Å². The van der Waals surface area contributed by atoms with Crippen molar-refractivity contribution >= 4 is 38.6 Å². The van der Waals surface area contributed by atoms with Crippen LogP contribution in [0.4, 0.5) is 5.69 Å². The first-order valence-corrected chi connectivity index (χ1v) is 7.18. The molecule has 3 N–H and O–H groups in total. The van der Waals surface area contributed by atoms with Crippen molar-refractivity contribution in [1.29, 1.82) is 0 Å². The molecule has 0 aliphatic heterocycles. The number of anilines is 1. The topological polar surface area (TPSA) is 99.8 Å². The number of halogens is 1. The summed E-state index contributed by atoms with van der Waals surface area (Å²) in [5, 5.41) is 2.69. The summed E-state index contributed by atoms with van der Waals surface area (Å²) in [5.41, 5.74) is 1.23. The summed E-state index contributed by atoms with van der Waals surface area (Å²) < 4.78 is 2.02. The number of rotatable bonds is 3. The number of hydrogen-bond donors (Lipinski definition) is 3. The molecule has 0 saturated carbocycles. The van der Waals surface area contributed by atoms with E-state index in [4.69, 9.17) is 0 Å². The molecule has 112 valence electrons. The number of pyridine rings is 1. The molecule has 0 spiro atoms. The van der Waals surface area contributed by atoms with Crippen LogP contribution in [0.3, 0.4) is 0 Å². The van der Waals surface area contributed by atoms with Crippen molar-refractivity contribution in [2.75, 3.05) is 5.32 Å². The first kappa shape index (κ1) is 14.3. The smallest absolute Gasteiger partial charge is 0.323 e. The molecule has 0 bridgehead atoms. The molecule has 0 atom stereocenters. The van der Waals surface area contributed by atoms with Gasteiger partial charge in [-0.25, -0.2) is 4.79 Å². The molecule has 8 heteroatoms. The van der Waals surface area contributed by atoms with E-state index in [1.54, 1.807) is 30.5 Å².